The lowest BCUT2D eigenvalue weighted by Gasteiger charge is -2.47. The Morgan fingerprint density at radius 3 is 1.88 bits per heavy atom. The van der Waals surface area contributed by atoms with Crippen LogP contribution in [0.3, 0.4) is 0 Å². The Kier molecular flexibility index (Phi) is 10.0. The van der Waals surface area contributed by atoms with Gasteiger partial charge < -0.3 is 14.7 Å². The fraction of sp³-hybridized carbons (Fsp3) is 0.375. The topological polar surface area (TPSA) is 70.1 Å². The van der Waals surface area contributed by atoms with Gasteiger partial charge in [0.25, 0.3) is 5.91 Å². The van der Waals surface area contributed by atoms with Gasteiger partial charge in [0.15, 0.2) is 0 Å². The normalized spacial score (nSPS) is 16.9. The molecule has 0 atom stereocenters. The van der Waals surface area contributed by atoms with Crippen molar-refractivity contribution in [1.82, 2.24) is 9.80 Å². The molecule has 6 nitrogen and oxygen atoms in total. The minimum atomic E-state index is -5.08. The molecule has 0 unspecified atom stereocenters. The number of amides is 1. The van der Waals surface area contributed by atoms with Gasteiger partial charge in [-0.25, -0.2) is 4.79 Å². The van der Waals surface area contributed by atoms with Crippen LogP contribution in [0.15, 0.2) is 84.9 Å². The zero-order chi connectivity index (χ0) is 29.3. The van der Waals surface area contributed by atoms with Crippen LogP contribution in [0.1, 0.15) is 47.2 Å². The average molecular weight is 569 g/mol. The Bertz CT molecular complexity index is 1270. The number of halogens is 3. The Morgan fingerprint density at radius 1 is 0.780 bits per heavy atom. The van der Waals surface area contributed by atoms with Gasteiger partial charge in [0.05, 0.1) is 0 Å². The third-order valence-corrected chi connectivity index (χ3v) is 7.90. The zero-order valence-corrected chi connectivity index (χ0v) is 22.9. The predicted octanol–water partition coefficient (Wildman–Crippen LogP) is 6.42. The molecule has 2 heterocycles. The lowest BCUT2D eigenvalue weighted by atomic mass is 9.71. The Labute approximate surface area is 238 Å². The number of hydrogen-bond acceptors (Lipinski definition) is 4. The number of carboxylic acid groups (broad SMARTS) is 1. The Morgan fingerprint density at radius 2 is 1.29 bits per heavy atom. The largest absolute Gasteiger partial charge is 0.490 e. The van der Waals surface area contributed by atoms with Crippen LogP contribution in [-0.4, -0.2) is 59.1 Å². The van der Waals surface area contributed by atoms with E-state index in [4.69, 9.17) is 14.6 Å². The number of benzene rings is 3. The third-order valence-electron chi connectivity index (χ3n) is 7.90. The van der Waals surface area contributed by atoms with E-state index in [0.717, 1.165) is 56.9 Å². The van der Waals surface area contributed by atoms with Crippen LogP contribution in [0, 0.1) is 5.41 Å². The summed E-state index contributed by atoms with van der Waals surface area (Å²) in [5, 5.41) is 7.12. The first-order valence-electron chi connectivity index (χ1n) is 13.8. The van der Waals surface area contributed by atoms with Crippen LogP contribution in [0.5, 0.6) is 5.75 Å². The first-order valence-corrected chi connectivity index (χ1v) is 13.8. The van der Waals surface area contributed by atoms with Crippen molar-refractivity contribution in [3.05, 3.63) is 102 Å². The second-order valence-electron chi connectivity index (χ2n) is 10.6. The number of ether oxygens (including phenoxy) is 1. The van der Waals surface area contributed by atoms with Gasteiger partial charge in [0, 0.05) is 30.8 Å². The standard InChI is InChI=1S/C30H34N2O2.C2HF3O2/c33-29(26-11-5-2-6-12-26)32-21-17-30(18-22-32)15-19-31(20-16-30)23-27-13-7-8-14-28(27)34-24-25-9-3-1-4-10-25;3-2(4,5)1(6)7/h1-14H,15-24H2;(H,6,7). The summed E-state index contributed by atoms with van der Waals surface area (Å²) in [6, 6.07) is 28.5. The molecule has 0 aromatic heterocycles. The third kappa shape index (κ3) is 8.57. The molecule has 1 spiro atoms. The molecule has 218 valence electrons. The van der Waals surface area contributed by atoms with Crippen molar-refractivity contribution in [1.29, 1.82) is 0 Å². The number of carboxylic acids is 1. The van der Waals surface area contributed by atoms with Gasteiger partial charge >= 0.3 is 12.1 Å². The van der Waals surface area contributed by atoms with Crippen LogP contribution in [0.25, 0.3) is 0 Å². The molecule has 3 aromatic carbocycles. The first kappa shape index (κ1) is 30.1. The van der Waals surface area contributed by atoms with E-state index in [1.54, 1.807) is 0 Å². The quantitative estimate of drug-likeness (QED) is 0.372. The van der Waals surface area contributed by atoms with Crippen molar-refractivity contribution in [3.8, 4) is 5.75 Å². The summed E-state index contributed by atoms with van der Waals surface area (Å²) in [5.74, 6) is -1.59. The summed E-state index contributed by atoms with van der Waals surface area (Å²) in [4.78, 5) is 26.3. The fourth-order valence-corrected chi connectivity index (χ4v) is 5.38. The van der Waals surface area contributed by atoms with Crippen molar-refractivity contribution in [3.63, 3.8) is 0 Å². The highest BCUT2D eigenvalue weighted by Gasteiger charge is 2.39. The van der Waals surface area contributed by atoms with Gasteiger partial charge in [0.2, 0.25) is 0 Å². The predicted molar refractivity (Wildman–Crippen MR) is 149 cm³/mol. The van der Waals surface area contributed by atoms with E-state index < -0.39 is 12.1 Å². The number of likely N-dealkylation sites (tertiary alicyclic amines) is 2. The number of aliphatic carboxylic acids is 1. The number of rotatable bonds is 6. The molecule has 2 aliphatic rings. The number of nitrogens with zero attached hydrogens (tertiary/aromatic N) is 2. The van der Waals surface area contributed by atoms with Crippen LogP contribution in [-0.2, 0) is 17.9 Å². The molecule has 41 heavy (non-hydrogen) atoms. The average Bonchev–Trinajstić information content (AvgIpc) is 2.99. The molecular formula is C32H35F3N2O4. The number of piperidine rings is 2. The number of para-hydroxylation sites is 1. The molecule has 2 fully saturated rings. The molecule has 0 aliphatic carbocycles. The number of hydrogen-bond donors (Lipinski definition) is 1. The Balaban J connectivity index is 0.000000493. The van der Waals surface area contributed by atoms with Gasteiger partial charge in [-0.2, -0.15) is 13.2 Å². The van der Waals surface area contributed by atoms with Crippen LogP contribution >= 0.6 is 0 Å². The Hall–Kier alpha value is -3.85. The van der Waals surface area contributed by atoms with Gasteiger partial charge in [-0.05, 0) is 68.0 Å². The highest BCUT2D eigenvalue weighted by atomic mass is 19.4. The molecule has 2 aliphatic heterocycles. The second kappa shape index (κ2) is 13.7. The molecular weight excluding hydrogens is 533 g/mol. The molecule has 3 aromatic rings. The summed E-state index contributed by atoms with van der Waals surface area (Å²) >= 11 is 0. The molecule has 5 rings (SSSR count). The highest BCUT2D eigenvalue weighted by Crippen LogP contribution is 2.42. The smallest absolute Gasteiger partial charge is 0.489 e. The second-order valence-corrected chi connectivity index (χ2v) is 10.6. The first-order chi connectivity index (χ1) is 19.7. The van der Waals surface area contributed by atoms with Gasteiger partial charge in [0.1, 0.15) is 12.4 Å². The summed E-state index contributed by atoms with van der Waals surface area (Å²) in [7, 11) is 0. The summed E-state index contributed by atoms with van der Waals surface area (Å²) in [5.41, 5.74) is 3.65. The molecule has 2 saturated heterocycles. The minimum Gasteiger partial charge on any atom is -0.489 e. The number of carbonyl (C=O) groups excluding carboxylic acids is 1. The van der Waals surface area contributed by atoms with Crippen molar-refractivity contribution in [2.75, 3.05) is 26.2 Å². The van der Waals surface area contributed by atoms with E-state index in [9.17, 15) is 18.0 Å². The van der Waals surface area contributed by atoms with E-state index in [1.807, 2.05) is 41.3 Å². The molecule has 0 saturated carbocycles. The number of carbonyl (C=O) groups is 2. The maximum Gasteiger partial charge on any atom is 0.490 e. The number of alkyl halides is 3. The lowest BCUT2D eigenvalue weighted by Crippen LogP contribution is -2.48. The van der Waals surface area contributed by atoms with Crippen molar-refractivity contribution in [2.24, 2.45) is 5.41 Å². The van der Waals surface area contributed by atoms with Crippen LogP contribution in [0.4, 0.5) is 13.2 Å². The van der Waals surface area contributed by atoms with Gasteiger partial charge in [-0.3, -0.25) is 9.69 Å². The highest BCUT2D eigenvalue weighted by molar-refractivity contribution is 5.94. The zero-order valence-electron chi connectivity index (χ0n) is 22.9. The van der Waals surface area contributed by atoms with Crippen molar-refractivity contribution < 1.29 is 32.6 Å². The molecule has 0 bridgehead atoms. The summed E-state index contributed by atoms with van der Waals surface area (Å²) in [6.07, 6.45) is -0.410. The van der Waals surface area contributed by atoms with Crippen molar-refractivity contribution >= 4 is 11.9 Å². The monoisotopic (exact) mass is 568 g/mol. The van der Waals surface area contributed by atoms with Crippen LogP contribution < -0.4 is 4.74 Å². The van der Waals surface area contributed by atoms with Gasteiger partial charge in [-0.15, -0.1) is 0 Å². The molecule has 1 N–H and O–H groups in total. The van der Waals surface area contributed by atoms with E-state index in [2.05, 4.69) is 53.4 Å². The van der Waals surface area contributed by atoms with E-state index in [-0.39, 0.29) is 5.91 Å². The van der Waals surface area contributed by atoms with Crippen molar-refractivity contribution in [2.45, 2.75) is 45.0 Å². The summed E-state index contributed by atoms with van der Waals surface area (Å²) in [6.45, 7) is 5.51. The minimum absolute atomic E-state index is 0.181. The van der Waals surface area contributed by atoms with Gasteiger partial charge in [-0.1, -0.05) is 66.7 Å². The molecule has 0 radical (unpaired) electrons. The maximum absolute atomic E-state index is 12.8. The summed E-state index contributed by atoms with van der Waals surface area (Å²) < 4.78 is 37.9. The molecule has 1 amide bonds. The van der Waals surface area contributed by atoms with E-state index in [1.165, 1.54) is 24.0 Å². The SMILES string of the molecule is O=C(O)C(F)(F)F.O=C(c1ccccc1)N1CCC2(CCN(Cc3ccccc3OCc3ccccc3)CC2)CC1. The fourth-order valence-electron chi connectivity index (χ4n) is 5.38. The maximum atomic E-state index is 12.8. The van der Waals surface area contributed by atoms with E-state index in [0.29, 0.717) is 12.0 Å². The lowest BCUT2D eigenvalue weighted by molar-refractivity contribution is -0.192. The van der Waals surface area contributed by atoms with E-state index >= 15 is 0 Å². The van der Waals surface area contributed by atoms with Crippen LogP contribution in [0.2, 0.25) is 0 Å². The molecule has 9 heteroatoms.